The summed E-state index contributed by atoms with van der Waals surface area (Å²) in [6.45, 7) is 10.7. The number of amides is 1. The number of likely N-dealkylation sites (tertiary alicyclic amines) is 1. The molecule has 0 aliphatic carbocycles. The quantitative estimate of drug-likeness (QED) is 0.455. The van der Waals surface area contributed by atoms with Crippen molar-refractivity contribution in [1.82, 2.24) is 4.90 Å². The second-order valence-corrected chi connectivity index (χ2v) is 13.5. The van der Waals surface area contributed by atoms with Gasteiger partial charge in [0.2, 0.25) is 5.79 Å². The molecule has 6 heteroatoms. The van der Waals surface area contributed by atoms with Gasteiger partial charge >= 0.3 is 0 Å². The lowest BCUT2D eigenvalue weighted by atomic mass is 9.74. The maximum Gasteiger partial charge on any atom is 0.255 e. The Labute approximate surface area is 181 Å². The fraction of sp³-hybridized carbons (Fsp3) is 0.458. The molecule has 5 nitrogen and oxygen atoms in total. The van der Waals surface area contributed by atoms with Gasteiger partial charge in [-0.25, -0.2) is 0 Å². The van der Waals surface area contributed by atoms with Gasteiger partial charge in [0.15, 0.2) is 8.32 Å². The van der Waals surface area contributed by atoms with Crippen molar-refractivity contribution in [3.63, 3.8) is 0 Å². The number of hydrogen-bond acceptors (Lipinski definition) is 4. The van der Waals surface area contributed by atoms with E-state index in [0.29, 0.717) is 5.56 Å². The molecule has 1 aliphatic rings. The van der Waals surface area contributed by atoms with E-state index in [1.807, 2.05) is 59.5 Å². The molecule has 2 aromatic rings. The van der Waals surface area contributed by atoms with E-state index in [-0.39, 0.29) is 23.9 Å². The average Bonchev–Trinajstić information content (AvgIpc) is 2.70. The molecule has 0 radical (unpaired) electrons. The van der Waals surface area contributed by atoms with Gasteiger partial charge in [-0.2, -0.15) is 0 Å². The molecule has 3 rings (SSSR count). The van der Waals surface area contributed by atoms with Gasteiger partial charge in [0, 0.05) is 12.7 Å². The van der Waals surface area contributed by atoms with E-state index < -0.39 is 14.1 Å². The van der Waals surface area contributed by atoms with Gasteiger partial charge in [-0.15, -0.1) is 0 Å². The van der Waals surface area contributed by atoms with Crippen molar-refractivity contribution >= 4 is 14.2 Å². The number of rotatable bonds is 7. The van der Waals surface area contributed by atoms with Gasteiger partial charge < -0.3 is 18.8 Å². The van der Waals surface area contributed by atoms with E-state index in [1.165, 1.54) is 0 Å². The van der Waals surface area contributed by atoms with Crippen molar-refractivity contribution < 1.29 is 18.7 Å². The maximum absolute atomic E-state index is 13.6. The van der Waals surface area contributed by atoms with Crippen LogP contribution in [0.15, 0.2) is 54.6 Å². The average molecular weight is 428 g/mol. The topological polar surface area (TPSA) is 48.0 Å². The van der Waals surface area contributed by atoms with Gasteiger partial charge in [-0.1, -0.05) is 44.2 Å². The van der Waals surface area contributed by atoms with E-state index in [0.717, 1.165) is 11.3 Å². The minimum Gasteiger partial charge on any atom is -0.497 e. The number of hydrogen-bond donors (Lipinski definition) is 0. The van der Waals surface area contributed by atoms with Crippen LogP contribution in [0.5, 0.6) is 5.75 Å². The highest BCUT2D eigenvalue weighted by Crippen LogP contribution is 2.54. The summed E-state index contributed by atoms with van der Waals surface area (Å²) in [6.07, 6.45) is 0. The second kappa shape index (κ2) is 8.53. The second-order valence-electron chi connectivity index (χ2n) is 9.09. The number of ether oxygens (including phenoxy) is 2. The van der Waals surface area contributed by atoms with E-state index in [2.05, 4.69) is 33.5 Å². The number of carbonyl (C=O) groups is 1. The first-order valence-corrected chi connectivity index (χ1v) is 13.8. The van der Waals surface area contributed by atoms with Crippen molar-refractivity contribution in [2.45, 2.75) is 51.4 Å². The number of nitrogens with zero attached hydrogens (tertiary/aromatic N) is 1. The Hall–Kier alpha value is -2.15. The van der Waals surface area contributed by atoms with Crippen molar-refractivity contribution in [2.24, 2.45) is 5.92 Å². The molecular formula is C24H33NO4Si. The summed E-state index contributed by atoms with van der Waals surface area (Å²) < 4.78 is 18.3. The summed E-state index contributed by atoms with van der Waals surface area (Å²) in [5.41, 5.74) is 1.60. The third-order valence-corrected chi connectivity index (χ3v) is 6.38. The summed E-state index contributed by atoms with van der Waals surface area (Å²) in [7, 11) is 1.33. The molecule has 1 fully saturated rings. The third kappa shape index (κ3) is 4.04. The molecule has 0 saturated carbocycles. The Balaban J connectivity index is 2.16. The van der Waals surface area contributed by atoms with Crippen LogP contribution in [-0.2, 0) is 9.16 Å². The fourth-order valence-corrected chi connectivity index (χ4v) is 5.73. The lowest BCUT2D eigenvalue weighted by Gasteiger charge is -2.64. The van der Waals surface area contributed by atoms with Crippen LogP contribution in [0.3, 0.4) is 0 Å². The summed E-state index contributed by atoms with van der Waals surface area (Å²) in [4.78, 5) is 15.6. The first kappa shape index (κ1) is 22.5. The lowest BCUT2D eigenvalue weighted by Crippen LogP contribution is -2.77. The Kier molecular flexibility index (Phi) is 6.41. The van der Waals surface area contributed by atoms with Gasteiger partial charge in [0.25, 0.3) is 5.91 Å². The standard InChI is InChI=1S/C24H33NO4Si/c1-17(2)21-24(28-4,29-30(5,6)7)22(19-14-11-15-20(16-19)27-3)25(21)23(26)18-12-9-8-10-13-18/h8-17,21-22H,1-7H3/t21-,22+,24+/m0/s1. The highest BCUT2D eigenvalue weighted by atomic mass is 28.4. The minimum absolute atomic E-state index is 0.0195. The van der Waals surface area contributed by atoms with Crippen LogP contribution in [0, 0.1) is 5.92 Å². The maximum atomic E-state index is 13.6. The van der Waals surface area contributed by atoms with Crippen molar-refractivity contribution in [2.75, 3.05) is 14.2 Å². The Morgan fingerprint density at radius 3 is 2.23 bits per heavy atom. The molecule has 0 N–H and O–H groups in total. The van der Waals surface area contributed by atoms with E-state index in [4.69, 9.17) is 13.9 Å². The zero-order chi connectivity index (χ0) is 22.1. The summed E-state index contributed by atoms with van der Waals surface area (Å²) in [6, 6.07) is 16.6. The molecule has 1 heterocycles. The van der Waals surface area contributed by atoms with Crippen LogP contribution >= 0.6 is 0 Å². The monoisotopic (exact) mass is 427 g/mol. The molecule has 1 saturated heterocycles. The zero-order valence-corrected chi connectivity index (χ0v) is 20.0. The Bertz CT molecular complexity index is 880. The number of methoxy groups -OCH3 is 2. The molecule has 0 unspecified atom stereocenters. The molecule has 2 aromatic carbocycles. The predicted octanol–water partition coefficient (Wildman–Crippen LogP) is 5.11. The van der Waals surface area contributed by atoms with Gasteiger partial charge in [0.1, 0.15) is 11.8 Å². The van der Waals surface area contributed by atoms with E-state index in [1.54, 1.807) is 14.2 Å². The van der Waals surface area contributed by atoms with Crippen LogP contribution < -0.4 is 4.74 Å². The number of carbonyl (C=O) groups excluding carboxylic acids is 1. The smallest absolute Gasteiger partial charge is 0.255 e. The molecule has 0 spiro atoms. The number of benzene rings is 2. The van der Waals surface area contributed by atoms with Crippen LogP contribution in [0.4, 0.5) is 0 Å². The largest absolute Gasteiger partial charge is 0.497 e. The first-order valence-electron chi connectivity index (χ1n) is 10.4. The molecule has 30 heavy (non-hydrogen) atoms. The normalized spacial score (nSPS) is 23.9. The van der Waals surface area contributed by atoms with Crippen LogP contribution in [0.25, 0.3) is 0 Å². The van der Waals surface area contributed by atoms with Gasteiger partial charge in [-0.05, 0) is 55.4 Å². The minimum atomic E-state index is -2.01. The zero-order valence-electron chi connectivity index (χ0n) is 19.0. The van der Waals surface area contributed by atoms with E-state index >= 15 is 0 Å². The van der Waals surface area contributed by atoms with Crippen LogP contribution in [-0.4, -0.2) is 45.2 Å². The first-order chi connectivity index (χ1) is 14.1. The van der Waals surface area contributed by atoms with E-state index in [9.17, 15) is 4.79 Å². The SMILES string of the molecule is COc1cccc([C@H]2N(C(=O)c3ccccc3)[C@@H](C(C)C)[C@@]2(OC)O[Si](C)(C)C)c1. The van der Waals surface area contributed by atoms with Crippen molar-refractivity contribution in [3.05, 3.63) is 65.7 Å². The molecule has 162 valence electrons. The summed E-state index contributed by atoms with van der Waals surface area (Å²) in [5, 5.41) is 0. The molecule has 1 aliphatic heterocycles. The fourth-order valence-electron chi connectivity index (χ4n) is 4.46. The highest BCUT2D eigenvalue weighted by Gasteiger charge is 2.67. The van der Waals surface area contributed by atoms with Gasteiger partial charge in [-0.3, -0.25) is 4.79 Å². The van der Waals surface area contributed by atoms with Gasteiger partial charge in [0.05, 0.1) is 13.2 Å². The Morgan fingerprint density at radius 2 is 1.70 bits per heavy atom. The summed E-state index contributed by atoms with van der Waals surface area (Å²) in [5.74, 6) is -0.0366. The van der Waals surface area contributed by atoms with Crippen molar-refractivity contribution in [3.8, 4) is 5.75 Å². The highest BCUT2D eigenvalue weighted by molar-refractivity contribution is 6.69. The van der Waals surface area contributed by atoms with Crippen molar-refractivity contribution in [1.29, 1.82) is 0 Å². The van der Waals surface area contributed by atoms with Crippen LogP contribution in [0.1, 0.15) is 35.8 Å². The summed E-state index contributed by atoms with van der Waals surface area (Å²) >= 11 is 0. The molecular weight excluding hydrogens is 394 g/mol. The molecule has 0 aromatic heterocycles. The Morgan fingerprint density at radius 1 is 1.03 bits per heavy atom. The third-order valence-electron chi connectivity index (χ3n) is 5.45. The molecule has 3 atom stereocenters. The van der Waals surface area contributed by atoms with Crippen LogP contribution in [0.2, 0.25) is 19.6 Å². The lowest BCUT2D eigenvalue weighted by molar-refractivity contribution is -0.318. The molecule has 0 bridgehead atoms. The molecule has 1 amide bonds. The predicted molar refractivity (Wildman–Crippen MR) is 121 cm³/mol.